The van der Waals surface area contributed by atoms with Gasteiger partial charge in [-0.1, -0.05) is 25.1 Å². The summed E-state index contributed by atoms with van der Waals surface area (Å²) in [7, 11) is 0. The second-order valence-corrected chi connectivity index (χ2v) is 5.53. The molecule has 1 atom stereocenters. The zero-order chi connectivity index (χ0) is 15.0. The number of hydrogen-bond donors (Lipinski definition) is 3. The number of nitrogens with one attached hydrogen (secondary N) is 2. The molecule has 0 aliphatic rings. The molecular formula is C14H20N2O3S. The average Bonchev–Trinajstić information content (AvgIpc) is 2.38. The smallest absolute Gasteiger partial charge is 0.319 e. The molecule has 6 heteroatoms. The Morgan fingerprint density at radius 1 is 1.35 bits per heavy atom. The molecule has 1 aromatic carbocycles. The first-order valence-electron chi connectivity index (χ1n) is 6.36. The molecule has 0 fully saturated rings. The van der Waals surface area contributed by atoms with Gasteiger partial charge in [-0.05, 0) is 29.6 Å². The zero-order valence-electron chi connectivity index (χ0n) is 11.7. The van der Waals surface area contributed by atoms with Crippen molar-refractivity contribution in [3.63, 3.8) is 0 Å². The fourth-order valence-electron chi connectivity index (χ4n) is 1.74. The summed E-state index contributed by atoms with van der Waals surface area (Å²) in [5, 5.41) is 14.3. The third kappa shape index (κ3) is 5.97. The molecule has 0 aliphatic carbocycles. The van der Waals surface area contributed by atoms with E-state index in [0.29, 0.717) is 23.7 Å². The van der Waals surface area contributed by atoms with Gasteiger partial charge in [0.1, 0.15) is 0 Å². The van der Waals surface area contributed by atoms with Crippen LogP contribution in [0, 0.1) is 5.92 Å². The van der Waals surface area contributed by atoms with Gasteiger partial charge in [0, 0.05) is 12.2 Å². The van der Waals surface area contributed by atoms with Crippen molar-refractivity contribution in [3.05, 3.63) is 29.8 Å². The Balaban J connectivity index is 2.55. The maximum absolute atomic E-state index is 11.8. The number of carboxylic acid groups (broad SMARTS) is 1. The molecule has 0 saturated heterocycles. The summed E-state index contributed by atoms with van der Waals surface area (Å²) < 4.78 is 0. The van der Waals surface area contributed by atoms with Gasteiger partial charge >= 0.3 is 12.0 Å². The van der Waals surface area contributed by atoms with E-state index in [1.54, 1.807) is 36.0 Å². The Morgan fingerprint density at radius 3 is 2.70 bits per heavy atom. The van der Waals surface area contributed by atoms with Gasteiger partial charge in [0.2, 0.25) is 0 Å². The number of carbonyl (C=O) groups excluding carboxylic acids is 1. The number of aliphatic carboxylic acids is 1. The third-order valence-electron chi connectivity index (χ3n) is 2.67. The van der Waals surface area contributed by atoms with Crippen LogP contribution in [0.25, 0.3) is 0 Å². The van der Waals surface area contributed by atoms with Gasteiger partial charge in [-0.3, -0.25) is 4.79 Å². The number of rotatable bonds is 7. The Hall–Kier alpha value is -1.69. The molecule has 110 valence electrons. The van der Waals surface area contributed by atoms with Crippen LogP contribution in [0.5, 0.6) is 0 Å². The summed E-state index contributed by atoms with van der Waals surface area (Å²) in [6.07, 6.45) is 1.91. The number of benzene rings is 1. The van der Waals surface area contributed by atoms with Crippen LogP contribution in [0.1, 0.15) is 12.5 Å². The maximum atomic E-state index is 11.8. The minimum absolute atomic E-state index is 0.112. The summed E-state index contributed by atoms with van der Waals surface area (Å²) in [6.45, 7) is 2.66. The molecule has 0 aliphatic heterocycles. The second kappa shape index (κ2) is 8.47. The van der Waals surface area contributed by atoms with Crippen LogP contribution in [0.3, 0.4) is 0 Å². The van der Waals surface area contributed by atoms with Crippen LogP contribution in [0.4, 0.5) is 10.5 Å². The minimum Gasteiger partial charge on any atom is -0.481 e. The van der Waals surface area contributed by atoms with Crippen LogP contribution >= 0.6 is 11.8 Å². The molecule has 0 saturated carbocycles. The van der Waals surface area contributed by atoms with Crippen LogP contribution in [-0.4, -0.2) is 35.7 Å². The van der Waals surface area contributed by atoms with Crippen molar-refractivity contribution >= 4 is 29.4 Å². The largest absolute Gasteiger partial charge is 0.481 e. The fraction of sp³-hybridized carbons (Fsp3) is 0.429. The maximum Gasteiger partial charge on any atom is 0.319 e. The first kappa shape index (κ1) is 16.4. The first-order chi connectivity index (χ1) is 9.52. The van der Waals surface area contributed by atoms with Crippen LogP contribution in [0.15, 0.2) is 24.3 Å². The summed E-state index contributed by atoms with van der Waals surface area (Å²) in [5.41, 5.74) is 1.12. The summed E-state index contributed by atoms with van der Waals surface area (Å²) in [5.74, 6) is 0.453. The number of para-hydroxylation sites is 1. The minimum atomic E-state index is -0.923. The lowest BCUT2D eigenvalue weighted by Crippen LogP contribution is -2.33. The predicted octanol–water partition coefficient (Wildman–Crippen LogP) is 2.43. The Kier molecular flexibility index (Phi) is 6.93. The van der Waals surface area contributed by atoms with E-state index in [-0.39, 0.29) is 12.5 Å². The lowest BCUT2D eigenvalue weighted by atomic mass is 10.1. The van der Waals surface area contributed by atoms with Gasteiger partial charge < -0.3 is 15.7 Å². The molecule has 5 nitrogen and oxygen atoms in total. The average molecular weight is 296 g/mol. The Labute approximate surface area is 123 Å². The van der Waals surface area contributed by atoms with Crippen molar-refractivity contribution in [2.45, 2.75) is 13.3 Å². The van der Waals surface area contributed by atoms with Crippen molar-refractivity contribution in [2.75, 3.05) is 23.9 Å². The molecule has 0 radical (unpaired) electrons. The van der Waals surface area contributed by atoms with Crippen molar-refractivity contribution in [1.82, 2.24) is 5.32 Å². The van der Waals surface area contributed by atoms with Gasteiger partial charge in [0.15, 0.2) is 0 Å². The number of hydrogen-bond acceptors (Lipinski definition) is 3. The highest BCUT2D eigenvalue weighted by atomic mass is 32.2. The number of amides is 2. The molecule has 1 aromatic rings. The quantitative estimate of drug-likeness (QED) is 0.722. The standard InChI is InChI=1S/C14H20N2O3S/c1-10(9-20-2)8-15-14(19)16-12-6-4-3-5-11(12)7-13(17)18/h3-6,10H,7-9H2,1-2H3,(H,17,18)(H2,15,16,19). The zero-order valence-corrected chi connectivity index (χ0v) is 12.5. The summed E-state index contributed by atoms with van der Waals surface area (Å²) >= 11 is 1.74. The topological polar surface area (TPSA) is 78.4 Å². The Morgan fingerprint density at radius 2 is 2.05 bits per heavy atom. The van der Waals surface area contributed by atoms with Gasteiger partial charge in [-0.2, -0.15) is 11.8 Å². The highest BCUT2D eigenvalue weighted by Gasteiger charge is 2.10. The predicted molar refractivity (Wildman–Crippen MR) is 82.3 cm³/mol. The van der Waals surface area contributed by atoms with Gasteiger partial charge in [-0.25, -0.2) is 4.79 Å². The second-order valence-electron chi connectivity index (χ2n) is 4.62. The number of carboxylic acids is 1. The normalized spacial score (nSPS) is 11.7. The molecule has 3 N–H and O–H groups in total. The van der Waals surface area contributed by atoms with E-state index in [4.69, 9.17) is 5.11 Å². The number of thioether (sulfide) groups is 1. The molecule has 0 heterocycles. The van der Waals surface area contributed by atoms with E-state index >= 15 is 0 Å². The number of anilines is 1. The molecule has 2 amide bonds. The first-order valence-corrected chi connectivity index (χ1v) is 7.75. The van der Waals surface area contributed by atoms with Gasteiger partial charge in [-0.15, -0.1) is 0 Å². The van der Waals surface area contributed by atoms with Gasteiger partial charge in [0.25, 0.3) is 0 Å². The molecule has 0 bridgehead atoms. The van der Waals surface area contributed by atoms with Crippen LogP contribution in [0.2, 0.25) is 0 Å². The van der Waals surface area contributed by atoms with E-state index in [2.05, 4.69) is 17.6 Å². The van der Waals surface area contributed by atoms with Crippen LogP contribution < -0.4 is 10.6 Å². The molecule has 0 spiro atoms. The lowest BCUT2D eigenvalue weighted by molar-refractivity contribution is -0.136. The highest BCUT2D eigenvalue weighted by Crippen LogP contribution is 2.15. The van der Waals surface area contributed by atoms with Crippen molar-refractivity contribution in [2.24, 2.45) is 5.92 Å². The Bertz CT molecular complexity index is 465. The molecule has 1 unspecified atom stereocenters. The monoisotopic (exact) mass is 296 g/mol. The van der Waals surface area contributed by atoms with E-state index in [1.165, 1.54) is 0 Å². The molecule has 0 aromatic heterocycles. The van der Waals surface area contributed by atoms with E-state index in [9.17, 15) is 9.59 Å². The highest BCUT2D eigenvalue weighted by molar-refractivity contribution is 7.98. The van der Waals surface area contributed by atoms with Crippen molar-refractivity contribution < 1.29 is 14.7 Å². The number of carbonyl (C=O) groups is 2. The van der Waals surface area contributed by atoms with E-state index < -0.39 is 5.97 Å². The SMILES string of the molecule is CSCC(C)CNC(=O)Nc1ccccc1CC(=O)O. The summed E-state index contributed by atoms with van der Waals surface area (Å²) in [4.78, 5) is 22.5. The van der Waals surface area contributed by atoms with E-state index in [0.717, 1.165) is 5.75 Å². The van der Waals surface area contributed by atoms with Crippen molar-refractivity contribution in [3.8, 4) is 0 Å². The van der Waals surface area contributed by atoms with Crippen LogP contribution in [-0.2, 0) is 11.2 Å². The molecular weight excluding hydrogens is 276 g/mol. The number of urea groups is 1. The van der Waals surface area contributed by atoms with Gasteiger partial charge in [0.05, 0.1) is 6.42 Å². The third-order valence-corrected chi connectivity index (χ3v) is 3.57. The van der Waals surface area contributed by atoms with Crippen molar-refractivity contribution in [1.29, 1.82) is 0 Å². The van der Waals surface area contributed by atoms with E-state index in [1.807, 2.05) is 6.26 Å². The lowest BCUT2D eigenvalue weighted by Gasteiger charge is -2.13. The molecule has 1 rings (SSSR count). The summed E-state index contributed by atoms with van der Waals surface area (Å²) in [6, 6.07) is 6.60. The fourth-order valence-corrected chi connectivity index (χ4v) is 2.42. The molecule has 20 heavy (non-hydrogen) atoms.